The van der Waals surface area contributed by atoms with E-state index in [-0.39, 0.29) is 15.7 Å². The zero-order chi connectivity index (χ0) is 20.8. The van der Waals surface area contributed by atoms with Gasteiger partial charge in [-0.3, -0.25) is 28.1 Å². The van der Waals surface area contributed by atoms with Crippen LogP contribution in [-0.4, -0.2) is 37.2 Å². The standard InChI is InChI=1S/C17H17N3O6S2/c1-11(21)18-12-3-5-13(6-4-12)19-17(22)10-28(26)16-8-7-14(27(2)25)9-15(16)20(23)24/h3-9H,10H2,1-2H3,(H,18,21)(H,19,22). The Labute approximate surface area is 165 Å². The molecule has 2 unspecified atom stereocenters. The summed E-state index contributed by atoms with van der Waals surface area (Å²) in [6.07, 6.45) is 1.38. The summed E-state index contributed by atoms with van der Waals surface area (Å²) < 4.78 is 23.9. The van der Waals surface area contributed by atoms with Crippen LogP contribution in [-0.2, 0) is 31.2 Å². The van der Waals surface area contributed by atoms with Crippen LogP contribution in [0.2, 0.25) is 0 Å². The van der Waals surface area contributed by atoms with Crippen LogP contribution in [0.3, 0.4) is 0 Å². The lowest BCUT2D eigenvalue weighted by molar-refractivity contribution is -0.388. The fourth-order valence-electron chi connectivity index (χ4n) is 2.25. The molecule has 2 atom stereocenters. The second-order valence-corrected chi connectivity index (χ2v) is 8.44. The van der Waals surface area contributed by atoms with Gasteiger partial charge in [-0.1, -0.05) is 0 Å². The second kappa shape index (κ2) is 9.33. The summed E-state index contributed by atoms with van der Waals surface area (Å²) in [7, 11) is -3.39. The molecule has 9 nitrogen and oxygen atoms in total. The van der Waals surface area contributed by atoms with Crippen molar-refractivity contribution in [3.05, 3.63) is 52.6 Å². The highest BCUT2D eigenvalue weighted by Gasteiger charge is 2.22. The van der Waals surface area contributed by atoms with Crippen LogP contribution in [0.5, 0.6) is 0 Å². The number of nitro benzene ring substituents is 1. The molecule has 2 aromatic rings. The van der Waals surface area contributed by atoms with Crippen molar-refractivity contribution in [3.63, 3.8) is 0 Å². The summed E-state index contributed by atoms with van der Waals surface area (Å²) in [5, 5.41) is 16.3. The normalized spacial score (nSPS) is 12.6. The predicted molar refractivity (Wildman–Crippen MR) is 106 cm³/mol. The summed E-state index contributed by atoms with van der Waals surface area (Å²) in [4.78, 5) is 33.7. The van der Waals surface area contributed by atoms with Gasteiger partial charge in [-0.2, -0.15) is 0 Å². The van der Waals surface area contributed by atoms with Gasteiger partial charge in [0.25, 0.3) is 5.69 Å². The van der Waals surface area contributed by atoms with Crippen molar-refractivity contribution in [1.29, 1.82) is 0 Å². The maximum atomic E-state index is 12.4. The van der Waals surface area contributed by atoms with E-state index in [0.717, 1.165) is 6.07 Å². The van der Waals surface area contributed by atoms with Gasteiger partial charge in [0.1, 0.15) is 10.6 Å². The molecule has 0 aliphatic rings. The molecule has 2 aromatic carbocycles. The zero-order valence-corrected chi connectivity index (χ0v) is 16.6. The number of anilines is 2. The molecule has 0 aromatic heterocycles. The lowest BCUT2D eigenvalue weighted by atomic mass is 10.3. The highest BCUT2D eigenvalue weighted by Crippen LogP contribution is 2.25. The Balaban J connectivity index is 2.10. The van der Waals surface area contributed by atoms with E-state index in [2.05, 4.69) is 10.6 Å². The average Bonchev–Trinajstić information content (AvgIpc) is 2.62. The lowest BCUT2D eigenvalue weighted by Gasteiger charge is -2.08. The predicted octanol–water partition coefficient (Wildman–Crippen LogP) is 2.04. The zero-order valence-electron chi connectivity index (χ0n) is 15.0. The van der Waals surface area contributed by atoms with Gasteiger partial charge in [0.15, 0.2) is 0 Å². The van der Waals surface area contributed by atoms with Crippen LogP contribution < -0.4 is 10.6 Å². The van der Waals surface area contributed by atoms with Crippen molar-refractivity contribution in [3.8, 4) is 0 Å². The number of nitrogens with one attached hydrogen (secondary N) is 2. The lowest BCUT2D eigenvalue weighted by Crippen LogP contribution is -2.20. The molecule has 0 saturated carbocycles. The first kappa shape index (κ1) is 21.4. The van der Waals surface area contributed by atoms with Gasteiger partial charge in [0.05, 0.1) is 26.5 Å². The van der Waals surface area contributed by atoms with E-state index >= 15 is 0 Å². The van der Waals surface area contributed by atoms with Crippen molar-refractivity contribution in [2.75, 3.05) is 22.6 Å². The summed E-state index contributed by atoms with van der Waals surface area (Å²) in [5.74, 6) is -1.31. The van der Waals surface area contributed by atoms with Crippen LogP contribution in [0.15, 0.2) is 52.3 Å². The number of carbonyl (C=O) groups excluding carboxylic acids is 2. The van der Waals surface area contributed by atoms with Gasteiger partial charge in [0, 0.05) is 35.5 Å². The van der Waals surface area contributed by atoms with E-state index in [9.17, 15) is 28.1 Å². The third kappa shape index (κ3) is 5.79. The van der Waals surface area contributed by atoms with E-state index in [1.807, 2.05) is 0 Å². The van der Waals surface area contributed by atoms with Gasteiger partial charge in [-0.25, -0.2) is 0 Å². The van der Waals surface area contributed by atoms with Crippen LogP contribution >= 0.6 is 0 Å². The monoisotopic (exact) mass is 423 g/mol. The highest BCUT2D eigenvalue weighted by atomic mass is 32.2. The van der Waals surface area contributed by atoms with Crippen molar-refractivity contribution in [2.45, 2.75) is 16.7 Å². The number of nitrogens with zero attached hydrogens (tertiary/aromatic N) is 1. The Bertz CT molecular complexity index is 975. The van der Waals surface area contributed by atoms with Crippen LogP contribution in [0, 0.1) is 10.1 Å². The molecule has 28 heavy (non-hydrogen) atoms. The first-order chi connectivity index (χ1) is 13.2. The van der Waals surface area contributed by atoms with Crippen molar-refractivity contribution in [2.24, 2.45) is 0 Å². The molecule has 2 N–H and O–H groups in total. The molecule has 0 aliphatic heterocycles. The largest absolute Gasteiger partial charge is 0.326 e. The number of nitro groups is 1. The Morgan fingerprint density at radius 2 is 1.61 bits per heavy atom. The van der Waals surface area contributed by atoms with Gasteiger partial charge < -0.3 is 10.6 Å². The molecule has 2 rings (SSSR count). The van der Waals surface area contributed by atoms with E-state index in [1.165, 1.54) is 25.3 Å². The molecule has 0 aliphatic carbocycles. The molecular weight excluding hydrogens is 406 g/mol. The first-order valence-corrected chi connectivity index (χ1v) is 10.7. The van der Waals surface area contributed by atoms with Crippen molar-refractivity contribution >= 4 is 50.5 Å². The third-order valence-corrected chi connectivity index (χ3v) is 5.73. The van der Waals surface area contributed by atoms with Gasteiger partial charge >= 0.3 is 0 Å². The molecule has 2 amide bonds. The molecular formula is C17H17N3O6S2. The maximum Gasteiger partial charge on any atom is 0.286 e. The molecule has 0 bridgehead atoms. The third-order valence-electron chi connectivity index (χ3n) is 3.46. The molecule has 11 heteroatoms. The second-order valence-electron chi connectivity index (χ2n) is 5.64. The average molecular weight is 423 g/mol. The van der Waals surface area contributed by atoms with Crippen LogP contribution in [0.4, 0.5) is 17.1 Å². The number of hydrogen-bond donors (Lipinski definition) is 2. The molecule has 0 heterocycles. The highest BCUT2D eigenvalue weighted by molar-refractivity contribution is 7.86. The van der Waals surface area contributed by atoms with Crippen molar-refractivity contribution < 1.29 is 22.9 Å². The van der Waals surface area contributed by atoms with Gasteiger partial charge in [-0.15, -0.1) is 0 Å². The number of carbonyl (C=O) groups is 2. The van der Waals surface area contributed by atoms with Crippen LogP contribution in [0.25, 0.3) is 0 Å². The minimum atomic E-state index is -1.96. The fraction of sp³-hybridized carbons (Fsp3) is 0.176. The maximum absolute atomic E-state index is 12.4. The van der Waals surface area contributed by atoms with Crippen molar-refractivity contribution in [1.82, 2.24) is 0 Å². The minimum absolute atomic E-state index is 0.115. The SMILES string of the molecule is CC(=O)Nc1ccc(NC(=O)CS(=O)c2ccc(S(C)=O)cc2[N+](=O)[O-])cc1. The summed E-state index contributed by atoms with van der Waals surface area (Å²) in [6, 6.07) is 10.0. The summed E-state index contributed by atoms with van der Waals surface area (Å²) in [6.45, 7) is 1.37. The quantitative estimate of drug-likeness (QED) is 0.517. The fourth-order valence-corrected chi connectivity index (χ4v) is 3.83. The Hall–Kier alpha value is -2.92. The Kier molecular flexibility index (Phi) is 7.12. The molecule has 0 saturated heterocycles. The molecule has 0 spiro atoms. The molecule has 0 fully saturated rings. The van der Waals surface area contributed by atoms with Gasteiger partial charge in [-0.05, 0) is 36.4 Å². The van der Waals surface area contributed by atoms with Gasteiger partial charge in [0.2, 0.25) is 11.8 Å². The number of hydrogen-bond acceptors (Lipinski definition) is 6. The van der Waals surface area contributed by atoms with E-state index in [4.69, 9.17) is 0 Å². The summed E-state index contributed by atoms with van der Waals surface area (Å²) in [5.41, 5.74) is 0.527. The van der Waals surface area contributed by atoms with E-state index in [0.29, 0.717) is 11.4 Å². The summed E-state index contributed by atoms with van der Waals surface area (Å²) >= 11 is 0. The topological polar surface area (TPSA) is 135 Å². The van der Waals surface area contributed by atoms with E-state index < -0.39 is 43.9 Å². The number of rotatable bonds is 7. The first-order valence-electron chi connectivity index (χ1n) is 7.85. The Morgan fingerprint density at radius 3 is 2.11 bits per heavy atom. The minimum Gasteiger partial charge on any atom is -0.326 e. The molecule has 148 valence electrons. The van der Waals surface area contributed by atoms with Crippen LogP contribution in [0.1, 0.15) is 6.92 Å². The van der Waals surface area contributed by atoms with E-state index in [1.54, 1.807) is 24.3 Å². The molecule has 0 radical (unpaired) electrons. The smallest absolute Gasteiger partial charge is 0.286 e. The number of benzene rings is 2. The number of amides is 2. The Morgan fingerprint density at radius 1 is 1.04 bits per heavy atom.